The van der Waals surface area contributed by atoms with Crippen molar-refractivity contribution in [2.45, 2.75) is 5.03 Å². The molecule has 2 heterocycles. The minimum absolute atomic E-state index is 0.943. The molecule has 0 aliphatic carbocycles. The molecule has 1 aliphatic heterocycles. The van der Waals surface area contributed by atoms with Crippen LogP contribution in [0.25, 0.3) is 0 Å². The normalized spacial score (nSPS) is 18.1. The van der Waals surface area contributed by atoms with Gasteiger partial charge in [-0.2, -0.15) is 0 Å². The first-order valence-electron chi connectivity index (χ1n) is 6.33. The van der Waals surface area contributed by atoms with Gasteiger partial charge in [-0.15, -0.1) is 0 Å². The topological polar surface area (TPSA) is 19.4 Å². The van der Waals surface area contributed by atoms with Crippen molar-refractivity contribution in [1.82, 2.24) is 14.8 Å². The van der Waals surface area contributed by atoms with Gasteiger partial charge in [0, 0.05) is 44.7 Å². The van der Waals surface area contributed by atoms with E-state index in [1.807, 2.05) is 29.1 Å². The van der Waals surface area contributed by atoms with Crippen molar-refractivity contribution in [1.29, 1.82) is 0 Å². The highest BCUT2D eigenvalue weighted by Crippen LogP contribution is 2.28. The molecule has 0 bridgehead atoms. The van der Waals surface area contributed by atoms with Crippen LogP contribution in [0, 0.1) is 6.92 Å². The van der Waals surface area contributed by atoms with Crippen LogP contribution in [0.3, 0.4) is 0 Å². The summed E-state index contributed by atoms with van der Waals surface area (Å²) in [5.41, 5.74) is 0. The molecule has 2 rings (SSSR count). The highest BCUT2D eigenvalue weighted by Gasteiger charge is 2.14. The predicted octanol–water partition coefficient (Wildman–Crippen LogP) is 2.27. The lowest BCUT2D eigenvalue weighted by molar-refractivity contribution is 0.148. The average molecular weight is 282 g/mol. The summed E-state index contributed by atoms with van der Waals surface area (Å²) in [6.45, 7) is 10.8. The fraction of sp³-hybridized carbons (Fsp3) is 0.538. The van der Waals surface area contributed by atoms with Crippen LogP contribution in [0.15, 0.2) is 29.4 Å². The number of nitrogens with zero attached hydrogens (tertiary/aromatic N) is 3. The van der Waals surface area contributed by atoms with Gasteiger partial charge in [-0.05, 0) is 36.4 Å². The number of hydrogen-bond acceptors (Lipinski definition) is 5. The van der Waals surface area contributed by atoms with E-state index < -0.39 is 0 Å². The molecule has 1 aliphatic rings. The zero-order valence-corrected chi connectivity index (χ0v) is 12.3. The fourth-order valence-electron chi connectivity index (χ4n) is 1.90. The van der Waals surface area contributed by atoms with Crippen molar-refractivity contribution in [3.05, 3.63) is 31.3 Å². The lowest BCUT2D eigenvalue weighted by atomic mass is 10.3. The molecule has 3 nitrogen and oxygen atoms in total. The Labute approximate surface area is 118 Å². The van der Waals surface area contributed by atoms with Gasteiger partial charge in [0.25, 0.3) is 0 Å². The summed E-state index contributed by atoms with van der Waals surface area (Å²) in [6, 6.07) is 6.05. The maximum absolute atomic E-state index is 4.30. The molecule has 1 fully saturated rings. The average Bonchev–Trinajstić information content (AvgIpc) is 2.45. The molecule has 0 atom stereocenters. The van der Waals surface area contributed by atoms with Gasteiger partial charge in [-0.25, -0.2) is 4.98 Å². The van der Waals surface area contributed by atoms with E-state index in [1.54, 1.807) is 10.8 Å². The second-order valence-electron chi connectivity index (χ2n) is 4.26. The Balaban J connectivity index is 1.56. The molecule has 5 heteroatoms. The van der Waals surface area contributed by atoms with Crippen molar-refractivity contribution in [2.75, 3.05) is 45.0 Å². The van der Waals surface area contributed by atoms with Crippen LogP contribution in [0.2, 0.25) is 0 Å². The van der Waals surface area contributed by atoms with Crippen molar-refractivity contribution >= 4 is 21.6 Å². The summed E-state index contributed by atoms with van der Waals surface area (Å²) in [5.74, 6) is 1.16. The standard InChI is InChI=1S/C13H20N3S2/c1-2-15-7-9-16(10-8-15)11-12-17-18-13-5-3-4-6-14-13/h3-6H,1-2,7-12H2. The summed E-state index contributed by atoms with van der Waals surface area (Å²) in [5, 5.41) is 1.10. The number of hydrogen-bond donors (Lipinski definition) is 0. The molecule has 0 spiro atoms. The van der Waals surface area contributed by atoms with E-state index in [0.29, 0.717) is 0 Å². The van der Waals surface area contributed by atoms with Crippen molar-refractivity contribution in [3.63, 3.8) is 0 Å². The summed E-state index contributed by atoms with van der Waals surface area (Å²) >= 11 is 0. The smallest absolute Gasteiger partial charge is 0.106 e. The highest BCUT2D eigenvalue weighted by molar-refractivity contribution is 8.76. The number of rotatable bonds is 6. The van der Waals surface area contributed by atoms with Crippen LogP contribution in [0.5, 0.6) is 0 Å². The molecule has 0 amide bonds. The molecule has 0 N–H and O–H groups in total. The van der Waals surface area contributed by atoms with Crippen molar-refractivity contribution < 1.29 is 0 Å². The zero-order chi connectivity index (χ0) is 12.6. The van der Waals surface area contributed by atoms with Crippen molar-refractivity contribution in [3.8, 4) is 0 Å². The molecule has 0 unspecified atom stereocenters. The molecule has 1 aromatic rings. The number of aromatic nitrogens is 1. The van der Waals surface area contributed by atoms with E-state index in [-0.39, 0.29) is 0 Å². The second-order valence-corrected chi connectivity index (χ2v) is 6.69. The molecule has 0 saturated carbocycles. The first kappa shape index (κ1) is 14.2. The molecule has 1 aromatic heterocycles. The lowest BCUT2D eigenvalue weighted by Crippen LogP contribution is -2.46. The third-order valence-corrected chi connectivity index (χ3v) is 5.30. The van der Waals surface area contributed by atoms with Gasteiger partial charge in [0.05, 0.1) is 0 Å². The number of piperazine rings is 1. The van der Waals surface area contributed by atoms with Crippen molar-refractivity contribution in [2.24, 2.45) is 0 Å². The zero-order valence-electron chi connectivity index (χ0n) is 10.6. The molecule has 1 saturated heterocycles. The van der Waals surface area contributed by atoms with E-state index >= 15 is 0 Å². The van der Waals surface area contributed by atoms with Gasteiger partial charge >= 0.3 is 0 Å². The summed E-state index contributed by atoms with van der Waals surface area (Å²) in [6.07, 6.45) is 1.85. The SMILES string of the molecule is [CH2]CN1CCN(CCSSc2ccccn2)CC1. The van der Waals surface area contributed by atoms with Crippen LogP contribution < -0.4 is 0 Å². The Hall–Kier alpha value is -0.230. The molecule has 1 radical (unpaired) electrons. The van der Waals surface area contributed by atoms with E-state index in [0.717, 1.165) is 17.3 Å². The molecule has 99 valence electrons. The minimum atomic E-state index is 0.943. The van der Waals surface area contributed by atoms with Crippen LogP contribution >= 0.6 is 21.6 Å². The maximum Gasteiger partial charge on any atom is 0.106 e. The predicted molar refractivity (Wildman–Crippen MR) is 80.8 cm³/mol. The van der Waals surface area contributed by atoms with Crippen LogP contribution in [-0.2, 0) is 0 Å². The van der Waals surface area contributed by atoms with Crippen LogP contribution in [-0.4, -0.2) is 59.8 Å². The number of pyridine rings is 1. The summed E-state index contributed by atoms with van der Waals surface area (Å²) in [7, 11) is 3.67. The van der Waals surface area contributed by atoms with E-state index in [2.05, 4.69) is 27.8 Å². The highest BCUT2D eigenvalue weighted by atomic mass is 33.1. The van der Waals surface area contributed by atoms with Crippen LogP contribution in [0.1, 0.15) is 0 Å². The van der Waals surface area contributed by atoms with E-state index in [9.17, 15) is 0 Å². The first-order chi connectivity index (χ1) is 8.88. The van der Waals surface area contributed by atoms with Gasteiger partial charge in [0.2, 0.25) is 0 Å². The quantitative estimate of drug-likeness (QED) is 0.587. The van der Waals surface area contributed by atoms with Gasteiger partial charge in [-0.3, -0.25) is 4.90 Å². The Bertz CT molecular complexity index is 326. The Morgan fingerprint density at radius 1 is 1.17 bits per heavy atom. The van der Waals surface area contributed by atoms with Gasteiger partial charge in [0.15, 0.2) is 0 Å². The molecule has 0 aromatic carbocycles. The Kier molecular flexibility index (Phi) is 6.34. The largest absolute Gasteiger partial charge is 0.301 e. The summed E-state index contributed by atoms with van der Waals surface area (Å²) in [4.78, 5) is 9.25. The maximum atomic E-state index is 4.30. The third kappa shape index (κ3) is 4.80. The van der Waals surface area contributed by atoms with Gasteiger partial charge in [-0.1, -0.05) is 16.9 Å². The Morgan fingerprint density at radius 2 is 1.94 bits per heavy atom. The van der Waals surface area contributed by atoms with Gasteiger partial charge < -0.3 is 4.90 Å². The monoisotopic (exact) mass is 282 g/mol. The third-order valence-electron chi connectivity index (χ3n) is 3.05. The van der Waals surface area contributed by atoms with E-state index in [4.69, 9.17) is 0 Å². The minimum Gasteiger partial charge on any atom is -0.301 e. The first-order valence-corrected chi connectivity index (χ1v) is 8.65. The molecular formula is C13H20N3S2. The Morgan fingerprint density at radius 3 is 2.61 bits per heavy atom. The van der Waals surface area contributed by atoms with Gasteiger partial charge in [0.1, 0.15) is 5.03 Å². The lowest BCUT2D eigenvalue weighted by Gasteiger charge is -2.33. The second kappa shape index (κ2) is 8.04. The molecule has 18 heavy (non-hydrogen) atoms. The fourth-order valence-corrected chi connectivity index (χ4v) is 3.81. The van der Waals surface area contributed by atoms with Crippen LogP contribution in [0.4, 0.5) is 0 Å². The molecular weight excluding hydrogens is 262 g/mol. The van der Waals surface area contributed by atoms with E-state index in [1.165, 1.54) is 32.7 Å². The summed E-state index contributed by atoms with van der Waals surface area (Å²) < 4.78 is 0.